The highest BCUT2D eigenvalue weighted by Crippen LogP contribution is 2.31. The van der Waals surface area contributed by atoms with E-state index in [1.807, 2.05) is 6.92 Å². The van der Waals surface area contributed by atoms with Gasteiger partial charge in [-0.1, -0.05) is 32.6 Å². The van der Waals surface area contributed by atoms with Crippen molar-refractivity contribution in [2.24, 2.45) is 5.92 Å². The minimum absolute atomic E-state index is 0.229. The lowest BCUT2D eigenvalue weighted by Gasteiger charge is -2.34. The topological polar surface area (TPSA) is 26.3 Å². The van der Waals surface area contributed by atoms with Crippen LogP contribution in [0.25, 0.3) is 0 Å². The summed E-state index contributed by atoms with van der Waals surface area (Å²) < 4.78 is 5.50. The van der Waals surface area contributed by atoms with E-state index in [9.17, 15) is 4.79 Å². The molecule has 0 heterocycles. The Morgan fingerprint density at radius 1 is 1.29 bits per heavy atom. The summed E-state index contributed by atoms with van der Waals surface area (Å²) >= 11 is 0. The summed E-state index contributed by atoms with van der Waals surface area (Å²) in [5.41, 5.74) is 0. The quantitative estimate of drug-likeness (QED) is 0.588. The molecule has 2 heteroatoms. The van der Waals surface area contributed by atoms with Gasteiger partial charge < -0.3 is 4.74 Å². The van der Waals surface area contributed by atoms with Crippen LogP contribution in [0.15, 0.2) is 0 Å². The molecule has 0 N–H and O–H groups in total. The van der Waals surface area contributed by atoms with Crippen LogP contribution >= 0.6 is 0 Å². The Hall–Kier alpha value is -0.370. The van der Waals surface area contributed by atoms with Crippen molar-refractivity contribution in [3.8, 4) is 0 Å². The first-order chi connectivity index (χ1) is 6.79. The maximum atomic E-state index is 11.3. The number of rotatable bonds is 7. The molecule has 1 rings (SSSR count). The zero-order valence-corrected chi connectivity index (χ0v) is 9.42. The lowest BCUT2D eigenvalue weighted by molar-refractivity contribution is -0.145. The highest BCUT2D eigenvalue weighted by Gasteiger charge is 2.39. The highest BCUT2D eigenvalue weighted by molar-refractivity contribution is 5.88. The zero-order valence-electron chi connectivity index (χ0n) is 9.42. The Bertz CT molecular complexity index is 177. The molecule has 0 unspecified atom stereocenters. The van der Waals surface area contributed by atoms with Crippen molar-refractivity contribution in [1.29, 1.82) is 0 Å². The van der Waals surface area contributed by atoms with Crippen LogP contribution in [-0.4, -0.2) is 18.5 Å². The maximum Gasteiger partial charge on any atom is 0.141 e. The number of ketones is 1. The van der Waals surface area contributed by atoms with E-state index in [0.717, 1.165) is 13.0 Å². The predicted molar refractivity (Wildman–Crippen MR) is 57.3 cm³/mol. The number of carbonyl (C=O) groups excluding carboxylic acids is 1. The van der Waals surface area contributed by atoms with E-state index < -0.39 is 0 Å². The van der Waals surface area contributed by atoms with Gasteiger partial charge in [-0.25, -0.2) is 0 Å². The molecule has 2 nitrogen and oxygen atoms in total. The number of hydrogen-bond acceptors (Lipinski definition) is 2. The predicted octanol–water partition coefficient (Wildman–Crippen LogP) is 2.95. The largest absolute Gasteiger partial charge is 0.377 e. The molecule has 2 atom stereocenters. The summed E-state index contributed by atoms with van der Waals surface area (Å²) in [6.45, 7) is 4.94. The van der Waals surface area contributed by atoms with Gasteiger partial charge in [-0.15, -0.1) is 0 Å². The normalized spacial score (nSPS) is 26.3. The van der Waals surface area contributed by atoms with Gasteiger partial charge in [-0.2, -0.15) is 0 Å². The molecule has 0 saturated heterocycles. The average Bonchev–Trinajstić information content (AvgIpc) is 2.17. The fourth-order valence-corrected chi connectivity index (χ4v) is 2.07. The van der Waals surface area contributed by atoms with Gasteiger partial charge in [-0.05, 0) is 13.3 Å². The van der Waals surface area contributed by atoms with Crippen molar-refractivity contribution in [1.82, 2.24) is 0 Å². The number of unbranched alkanes of at least 4 members (excludes halogenated alkanes) is 3. The van der Waals surface area contributed by atoms with Crippen LogP contribution in [0.3, 0.4) is 0 Å². The van der Waals surface area contributed by atoms with Crippen LogP contribution in [-0.2, 0) is 9.53 Å². The minimum atomic E-state index is 0.229. The molecule has 0 amide bonds. The van der Waals surface area contributed by atoms with E-state index >= 15 is 0 Å². The first kappa shape index (κ1) is 11.7. The van der Waals surface area contributed by atoms with Crippen molar-refractivity contribution in [2.45, 2.75) is 58.5 Å². The molecule has 0 aromatic heterocycles. The standard InChI is InChI=1S/C12H22O2/c1-3-5-6-7-8-10-11(13)9-12(10)14-4-2/h10,12H,3-9H2,1-2H3/t10-,12+/m0/s1. The van der Waals surface area contributed by atoms with Crippen molar-refractivity contribution >= 4 is 5.78 Å². The molecule has 0 spiro atoms. The summed E-state index contributed by atoms with van der Waals surface area (Å²) in [4.78, 5) is 11.3. The molecule has 14 heavy (non-hydrogen) atoms. The molecular formula is C12H22O2. The van der Waals surface area contributed by atoms with Gasteiger partial charge in [0.05, 0.1) is 6.10 Å². The highest BCUT2D eigenvalue weighted by atomic mass is 16.5. The molecular weight excluding hydrogens is 176 g/mol. The zero-order chi connectivity index (χ0) is 10.4. The van der Waals surface area contributed by atoms with Crippen LogP contribution in [0.4, 0.5) is 0 Å². The third-order valence-corrected chi connectivity index (χ3v) is 3.01. The van der Waals surface area contributed by atoms with Crippen LogP contribution in [0, 0.1) is 5.92 Å². The Morgan fingerprint density at radius 2 is 2.07 bits per heavy atom. The summed E-state index contributed by atoms with van der Waals surface area (Å²) in [5, 5.41) is 0. The Kier molecular flexibility index (Phi) is 5.16. The van der Waals surface area contributed by atoms with Crippen LogP contribution in [0.2, 0.25) is 0 Å². The summed E-state index contributed by atoms with van der Waals surface area (Å²) in [5.74, 6) is 0.645. The van der Waals surface area contributed by atoms with E-state index in [4.69, 9.17) is 4.74 Å². The number of ether oxygens (including phenoxy) is 1. The third kappa shape index (κ3) is 3.09. The van der Waals surface area contributed by atoms with E-state index in [1.54, 1.807) is 0 Å². The van der Waals surface area contributed by atoms with E-state index in [2.05, 4.69) is 6.92 Å². The van der Waals surface area contributed by atoms with Gasteiger partial charge in [0.2, 0.25) is 0 Å². The Morgan fingerprint density at radius 3 is 2.64 bits per heavy atom. The van der Waals surface area contributed by atoms with Gasteiger partial charge in [0.15, 0.2) is 0 Å². The van der Waals surface area contributed by atoms with Crippen LogP contribution in [0.1, 0.15) is 52.4 Å². The van der Waals surface area contributed by atoms with Gasteiger partial charge in [0.1, 0.15) is 5.78 Å². The van der Waals surface area contributed by atoms with E-state index in [0.29, 0.717) is 12.2 Å². The van der Waals surface area contributed by atoms with Gasteiger partial charge in [0, 0.05) is 18.9 Å². The first-order valence-electron chi connectivity index (χ1n) is 5.93. The van der Waals surface area contributed by atoms with Crippen molar-refractivity contribution < 1.29 is 9.53 Å². The fraction of sp³-hybridized carbons (Fsp3) is 0.917. The summed E-state index contributed by atoms with van der Waals surface area (Å²) in [6, 6.07) is 0. The molecule has 0 radical (unpaired) electrons. The summed E-state index contributed by atoms with van der Waals surface area (Å²) in [6.07, 6.45) is 6.95. The van der Waals surface area contributed by atoms with Gasteiger partial charge in [-0.3, -0.25) is 4.79 Å². The molecule has 1 aliphatic carbocycles. The minimum Gasteiger partial charge on any atom is -0.377 e. The van der Waals surface area contributed by atoms with Crippen molar-refractivity contribution in [2.75, 3.05) is 6.61 Å². The molecule has 0 aromatic rings. The van der Waals surface area contributed by atoms with Gasteiger partial charge >= 0.3 is 0 Å². The first-order valence-corrected chi connectivity index (χ1v) is 5.93. The third-order valence-electron chi connectivity index (χ3n) is 3.01. The SMILES string of the molecule is CCCCCC[C@H]1C(=O)C[C@H]1OCC. The molecule has 1 aliphatic rings. The number of carbonyl (C=O) groups is 1. The molecule has 0 bridgehead atoms. The molecule has 0 aromatic carbocycles. The molecule has 1 fully saturated rings. The second-order valence-electron chi connectivity index (χ2n) is 4.12. The summed E-state index contributed by atoms with van der Waals surface area (Å²) in [7, 11) is 0. The lowest BCUT2D eigenvalue weighted by atomic mass is 9.77. The molecule has 82 valence electrons. The average molecular weight is 198 g/mol. The smallest absolute Gasteiger partial charge is 0.141 e. The number of Topliss-reactive ketones (excluding diaryl/α,β-unsaturated/α-hetero) is 1. The Balaban J connectivity index is 2.12. The number of hydrogen-bond donors (Lipinski definition) is 0. The second kappa shape index (κ2) is 6.18. The van der Waals surface area contributed by atoms with Crippen molar-refractivity contribution in [3.05, 3.63) is 0 Å². The monoisotopic (exact) mass is 198 g/mol. The second-order valence-corrected chi connectivity index (χ2v) is 4.12. The van der Waals surface area contributed by atoms with E-state index in [-0.39, 0.29) is 12.0 Å². The van der Waals surface area contributed by atoms with Crippen LogP contribution in [0.5, 0.6) is 0 Å². The lowest BCUT2D eigenvalue weighted by Crippen LogP contribution is -2.43. The molecule has 0 aliphatic heterocycles. The maximum absolute atomic E-state index is 11.3. The van der Waals surface area contributed by atoms with Gasteiger partial charge in [0.25, 0.3) is 0 Å². The molecule has 1 saturated carbocycles. The fourth-order valence-electron chi connectivity index (χ4n) is 2.07. The van der Waals surface area contributed by atoms with E-state index in [1.165, 1.54) is 25.7 Å². The van der Waals surface area contributed by atoms with Crippen LogP contribution < -0.4 is 0 Å². The van der Waals surface area contributed by atoms with Crippen molar-refractivity contribution in [3.63, 3.8) is 0 Å². The Labute approximate surface area is 87.0 Å².